The monoisotopic (exact) mass is 345 g/mol. The molecule has 1 N–H and O–H groups in total. The van der Waals surface area contributed by atoms with Crippen LogP contribution >= 0.6 is 31.9 Å². The molecule has 1 aromatic heterocycles. The quantitative estimate of drug-likeness (QED) is 0.837. The van der Waals surface area contributed by atoms with Crippen LogP contribution in [0.1, 0.15) is 24.2 Å². The highest BCUT2D eigenvalue weighted by atomic mass is 79.9. The zero-order valence-electron chi connectivity index (χ0n) is 8.71. The lowest BCUT2D eigenvalue weighted by Gasteiger charge is -2.17. The zero-order chi connectivity index (χ0) is 12.3. The molecule has 0 aromatic carbocycles. The molecule has 0 saturated carbocycles. The molecular formula is C10H9Br2N3O. The van der Waals surface area contributed by atoms with Crippen molar-refractivity contribution in [2.75, 3.05) is 0 Å². The first kappa shape index (κ1) is 13.1. The van der Waals surface area contributed by atoms with E-state index in [9.17, 15) is 4.79 Å². The van der Waals surface area contributed by atoms with E-state index in [4.69, 9.17) is 5.26 Å². The van der Waals surface area contributed by atoms with Gasteiger partial charge in [0.2, 0.25) is 0 Å². The molecule has 1 amide bonds. The predicted octanol–water partition coefficient (Wildman–Crippen LogP) is 2.64. The lowest BCUT2D eigenvalue weighted by atomic mass is 10.1. The van der Waals surface area contributed by atoms with Crippen LogP contribution in [0, 0.1) is 11.3 Å². The van der Waals surface area contributed by atoms with Gasteiger partial charge in [0.25, 0.3) is 5.91 Å². The minimum atomic E-state index is -0.892. The van der Waals surface area contributed by atoms with Crippen LogP contribution in [-0.2, 0) is 0 Å². The van der Waals surface area contributed by atoms with Crippen molar-refractivity contribution in [3.63, 3.8) is 0 Å². The van der Waals surface area contributed by atoms with Crippen LogP contribution in [0.25, 0.3) is 0 Å². The van der Waals surface area contributed by atoms with Gasteiger partial charge in [-0.1, -0.05) is 0 Å². The number of nitrogens with zero attached hydrogens (tertiary/aromatic N) is 2. The molecule has 4 nitrogen and oxygen atoms in total. The third-order valence-electron chi connectivity index (χ3n) is 1.76. The van der Waals surface area contributed by atoms with Gasteiger partial charge in [0.05, 0.1) is 16.1 Å². The number of amides is 1. The second-order valence-electron chi connectivity index (χ2n) is 3.69. The van der Waals surface area contributed by atoms with Crippen LogP contribution in [0.5, 0.6) is 0 Å². The SMILES string of the molecule is CC(C)(C#N)NC(=O)c1cnc(Br)c(Br)c1. The van der Waals surface area contributed by atoms with Gasteiger partial charge in [-0.3, -0.25) is 4.79 Å². The van der Waals surface area contributed by atoms with Crippen molar-refractivity contribution in [1.82, 2.24) is 10.3 Å². The first-order valence-corrected chi connectivity index (χ1v) is 5.99. The van der Waals surface area contributed by atoms with Gasteiger partial charge in [-0.05, 0) is 51.8 Å². The highest BCUT2D eigenvalue weighted by molar-refractivity contribution is 9.13. The lowest BCUT2D eigenvalue weighted by molar-refractivity contribution is 0.0929. The third kappa shape index (κ3) is 3.29. The minimum absolute atomic E-state index is 0.327. The third-order valence-corrected chi connectivity index (χ3v) is 3.53. The number of nitrogens with one attached hydrogen (secondary N) is 1. The standard InChI is InChI=1S/C10H9Br2N3O/c1-10(2,5-13)15-9(16)6-3-7(11)8(12)14-4-6/h3-4H,1-2H3,(H,15,16). The van der Waals surface area contributed by atoms with E-state index in [0.717, 1.165) is 0 Å². The number of nitriles is 1. The summed E-state index contributed by atoms with van der Waals surface area (Å²) in [6.45, 7) is 3.26. The molecule has 1 heterocycles. The molecule has 84 valence electrons. The Morgan fingerprint density at radius 1 is 1.56 bits per heavy atom. The Hall–Kier alpha value is -0.930. The van der Waals surface area contributed by atoms with Gasteiger partial charge in [-0.2, -0.15) is 5.26 Å². The Labute approximate surface area is 110 Å². The number of hydrogen-bond donors (Lipinski definition) is 1. The predicted molar refractivity (Wildman–Crippen MR) is 66.8 cm³/mol. The van der Waals surface area contributed by atoms with Crippen molar-refractivity contribution in [2.45, 2.75) is 19.4 Å². The fraction of sp³-hybridized carbons (Fsp3) is 0.300. The average molecular weight is 347 g/mol. The Morgan fingerprint density at radius 2 is 2.19 bits per heavy atom. The molecule has 0 fully saturated rings. The first-order valence-electron chi connectivity index (χ1n) is 4.40. The summed E-state index contributed by atoms with van der Waals surface area (Å²) in [6.07, 6.45) is 1.44. The molecular weight excluding hydrogens is 338 g/mol. The van der Waals surface area contributed by atoms with Crippen molar-refractivity contribution in [1.29, 1.82) is 5.26 Å². The van der Waals surface area contributed by atoms with Crippen molar-refractivity contribution in [2.24, 2.45) is 0 Å². The molecule has 0 unspecified atom stereocenters. The molecule has 0 radical (unpaired) electrons. The van der Waals surface area contributed by atoms with Crippen LogP contribution in [0.15, 0.2) is 21.3 Å². The number of hydrogen-bond acceptors (Lipinski definition) is 3. The topological polar surface area (TPSA) is 65.8 Å². The van der Waals surface area contributed by atoms with Crippen LogP contribution < -0.4 is 5.32 Å². The number of halogens is 2. The van der Waals surface area contributed by atoms with Gasteiger partial charge in [-0.25, -0.2) is 4.98 Å². The van der Waals surface area contributed by atoms with E-state index in [-0.39, 0.29) is 5.91 Å². The van der Waals surface area contributed by atoms with Crippen LogP contribution in [0.2, 0.25) is 0 Å². The molecule has 0 aliphatic rings. The molecule has 0 aliphatic carbocycles. The van der Waals surface area contributed by atoms with Crippen molar-refractivity contribution >= 4 is 37.8 Å². The van der Waals surface area contributed by atoms with Crippen molar-refractivity contribution in [3.8, 4) is 6.07 Å². The summed E-state index contributed by atoms with van der Waals surface area (Å²) >= 11 is 6.47. The maximum Gasteiger partial charge on any atom is 0.254 e. The van der Waals surface area contributed by atoms with Gasteiger partial charge >= 0.3 is 0 Å². The molecule has 0 saturated heterocycles. The summed E-state index contributed by atoms with van der Waals surface area (Å²) in [7, 11) is 0. The van der Waals surface area contributed by atoms with Gasteiger partial charge in [0.15, 0.2) is 0 Å². The molecule has 1 rings (SSSR count). The summed E-state index contributed by atoms with van der Waals surface area (Å²) in [5, 5.41) is 11.4. The van der Waals surface area contributed by atoms with E-state index >= 15 is 0 Å². The van der Waals surface area contributed by atoms with Crippen LogP contribution in [0.4, 0.5) is 0 Å². The fourth-order valence-corrected chi connectivity index (χ4v) is 1.50. The van der Waals surface area contributed by atoms with Gasteiger partial charge in [0.1, 0.15) is 10.1 Å². The first-order chi connectivity index (χ1) is 7.35. The Bertz CT molecular complexity index is 466. The smallest absolute Gasteiger partial charge is 0.254 e. The molecule has 1 aromatic rings. The van der Waals surface area contributed by atoms with Gasteiger partial charge < -0.3 is 5.32 Å². The highest BCUT2D eigenvalue weighted by Crippen LogP contribution is 2.21. The summed E-state index contributed by atoms with van der Waals surface area (Å²) in [4.78, 5) is 15.7. The highest BCUT2D eigenvalue weighted by Gasteiger charge is 2.20. The van der Waals surface area contributed by atoms with E-state index < -0.39 is 5.54 Å². The van der Waals surface area contributed by atoms with E-state index in [1.54, 1.807) is 19.9 Å². The van der Waals surface area contributed by atoms with Crippen LogP contribution in [-0.4, -0.2) is 16.4 Å². The molecule has 0 spiro atoms. The molecule has 0 atom stereocenters. The number of aromatic nitrogens is 1. The minimum Gasteiger partial charge on any atom is -0.334 e. The van der Waals surface area contributed by atoms with Crippen molar-refractivity contribution in [3.05, 3.63) is 26.9 Å². The second-order valence-corrected chi connectivity index (χ2v) is 5.29. The van der Waals surface area contributed by atoms with E-state index in [2.05, 4.69) is 42.2 Å². The summed E-state index contributed by atoms with van der Waals surface area (Å²) in [5.41, 5.74) is -0.491. The fourth-order valence-electron chi connectivity index (χ4n) is 0.929. The average Bonchev–Trinajstić information content (AvgIpc) is 2.21. The number of pyridine rings is 1. The van der Waals surface area contributed by atoms with Crippen LogP contribution in [0.3, 0.4) is 0 Å². The largest absolute Gasteiger partial charge is 0.334 e. The summed E-state index contributed by atoms with van der Waals surface area (Å²) in [5.74, 6) is -0.327. The zero-order valence-corrected chi connectivity index (χ0v) is 11.9. The second kappa shape index (κ2) is 4.93. The molecule has 0 bridgehead atoms. The molecule has 16 heavy (non-hydrogen) atoms. The molecule has 0 aliphatic heterocycles. The Morgan fingerprint density at radius 3 is 2.69 bits per heavy atom. The number of carbonyl (C=O) groups is 1. The Kier molecular flexibility index (Phi) is 4.05. The van der Waals surface area contributed by atoms with Gasteiger partial charge in [-0.15, -0.1) is 0 Å². The lowest BCUT2D eigenvalue weighted by Crippen LogP contribution is -2.42. The maximum absolute atomic E-state index is 11.7. The van der Waals surface area contributed by atoms with Gasteiger partial charge in [0, 0.05) is 6.20 Å². The summed E-state index contributed by atoms with van der Waals surface area (Å²) < 4.78 is 1.32. The van der Waals surface area contributed by atoms with E-state index in [1.807, 2.05) is 6.07 Å². The molecule has 6 heteroatoms. The van der Waals surface area contributed by atoms with E-state index in [1.165, 1.54) is 6.20 Å². The summed E-state index contributed by atoms with van der Waals surface area (Å²) in [6, 6.07) is 3.63. The van der Waals surface area contributed by atoms with Crippen molar-refractivity contribution < 1.29 is 4.79 Å². The Balaban J connectivity index is 2.91. The number of carbonyl (C=O) groups excluding carboxylic acids is 1. The van der Waals surface area contributed by atoms with E-state index in [0.29, 0.717) is 14.6 Å². The normalized spacial score (nSPS) is 10.7. The number of rotatable bonds is 2. The maximum atomic E-state index is 11.7.